The minimum absolute atomic E-state index is 0.269. The highest BCUT2D eigenvalue weighted by molar-refractivity contribution is 7.93. The molecule has 1 aromatic rings. The maximum atomic E-state index is 11.5. The molecule has 0 saturated carbocycles. The maximum absolute atomic E-state index is 11.5. The second-order valence-corrected chi connectivity index (χ2v) is 5.12. The number of rotatable bonds is 5. The van der Waals surface area contributed by atoms with Crippen molar-refractivity contribution in [3.05, 3.63) is 28.3 Å². The molecule has 0 aliphatic rings. The Bertz CT molecular complexity index is 611. The van der Waals surface area contributed by atoms with E-state index in [1.54, 1.807) is 0 Å². The van der Waals surface area contributed by atoms with Crippen molar-refractivity contribution in [2.24, 2.45) is 0 Å². The van der Waals surface area contributed by atoms with Crippen LogP contribution in [-0.4, -0.2) is 37.3 Å². The van der Waals surface area contributed by atoms with Gasteiger partial charge in [-0.05, 0) is 6.07 Å². The van der Waals surface area contributed by atoms with Crippen molar-refractivity contribution in [2.75, 3.05) is 17.6 Å². The van der Waals surface area contributed by atoms with Gasteiger partial charge in [-0.25, -0.2) is 8.42 Å². The number of nitrogens with zero attached hydrogens (tertiary/aromatic N) is 1. The highest BCUT2D eigenvalue weighted by Gasteiger charge is 2.19. The summed E-state index contributed by atoms with van der Waals surface area (Å²) in [4.78, 5) is 20.5. The smallest absolute Gasteiger partial charge is 0.322 e. The zero-order valence-electron chi connectivity index (χ0n) is 9.69. The number of benzene rings is 1. The van der Waals surface area contributed by atoms with Gasteiger partial charge >= 0.3 is 5.97 Å². The lowest BCUT2D eigenvalue weighted by atomic mass is 10.3. The summed E-state index contributed by atoms with van der Waals surface area (Å²) >= 11 is 0. The maximum Gasteiger partial charge on any atom is 0.322 e. The number of carbonyl (C=O) groups is 1. The largest absolute Gasteiger partial charge is 0.505 e. The van der Waals surface area contributed by atoms with Crippen LogP contribution in [0.3, 0.4) is 0 Å². The number of methoxy groups -OCH3 is 1. The Morgan fingerprint density at radius 3 is 2.63 bits per heavy atom. The van der Waals surface area contributed by atoms with Gasteiger partial charge in [0.1, 0.15) is 5.75 Å². The minimum atomic E-state index is -4.06. The van der Waals surface area contributed by atoms with Gasteiger partial charge in [0, 0.05) is 6.07 Å². The third-order valence-corrected chi connectivity index (χ3v) is 3.14. The summed E-state index contributed by atoms with van der Waals surface area (Å²) in [5.41, 5.74) is -0.664. The van der Waals surface area contributed by atoms with Gasteiger partial charge in [-0.3, -0.25) is 19.6 Å². The number of nitrogens with one attached hydrogen (secondary N) is 1. The van der Waals surface area contributed by atoms with Crippen LogP contribution in [-0.2, 0) is 19.6 Å². The molecule has 0 unspecified atom stereocenters. The number of hydrogen-bond donors (Lipinski definition) is 2. The number of non-ortho nitro benzene ring substituents is 1. The first-order chi connectivity index (χ1) is 8.75. The van der Waals surface area contributed by atoms with E-state index in [0.717, 1.165) is 25.3 Å². The Morgan fingerprint density at radius 1 is 1.53 bits per heavy atom. The van der Waals surface area contributed by atoms with Crippen molar-refractivity contribution < 1.29 is 28.0 Å². The van der Waals surface area contributed by atoms with Gasteiger partial charge in [-0.15, -0.1) is 0 Å². The Hall–Kier alpha value is -2.36. The SMILES string of the molecule is COC(=O)CS(=O)(=O)Nc1ccc([N+](=O)[O-])cc1O. The molecular weight excluding hydrogens is 280 g/mol. The number of phenols is 1. The number of anilines is 1. The van der Waals surface area contributed by atoms with Crippen LogP contribution >= 0.6 is 0 Å². The van der Waals surface area contributed by atoms with Crippen molar-refractivity contribution in [3.8, 4) is 5.75 Å². The molecule has 2 N–H and O–H groups in total. The van der Waals surface area contributed by atoms with Crippen LogP contribution in [0.25, 0.3) is 0 Å². The van der Waals surface area contributed by atoms with Gasteiger partial charge in [0.15, 0.2) is 5.75 Å². The van der Waals surface area contributed by atoms with Crippen LogP contribution in [0.15, 0.2) is 18.2 Å². The Kier molecular flexibility index (Phi) is 4.27. The highest BCUT2D eigenvalue weighted by atomic mass is 32.2. The zero-order chi connectivity index (χ0) is 14.6. The fraction of sp³-hybridized carbons (Fsp3) is 0.222. The Balaban J connectivity index is 2.94. The van der Waals surface area contributed by atoms with Crippen LogP contribution in [0.1, 0.15) is 0 Å². The highest BCUT2D eigenvalue weighted by Crippen LogP contribution is 2.28. The number of aromatic hydroxyl groups is 1. The van der Waals surface area contributed by atoms with Crippen molar-refractivity contribution in [3.63, 3.8) is 0 Å². The molecule has 0 saturated heterocycles. The van der Waals surface area contributed by atoms with E-state index < -0.39 is 38.1 Å². The fourth-order valence-corrected chi connectivity index (χ4v) is 2.15. The van der Waals surface area contributed by atoms with Crippen LogP contribution in [0.5, 0.6) is 5.75 Å². The summed E-state index contributed by atoms with van der Waals surface area (Å²) in [6, 6.07) is 2.81. The van der Waals surface area contributed by atoms with E-state index >= 15 is 0 Å². The van der Waals surface area contributed by atoms with Gasteiger partial charge in [-0.1, -0.05) is 0 Å². The quantitative estimate of drug-likeness (QED) is 0.342. The molecule has 0 spiro atoms. The third-order valence-electron chi connectivity index (χ3n) is 1.99. The number of nitro groups is 1. The molecule has 10 heteroatoms. The first-order valence-corrected chi connectivity index (χ1v) is 6.45. The van der Waals surface area contributed by atoms with Crippen LogP contribution < -0.4 is 4.72 Å². The second kappa shape index (κ2) is 5.52. The normalized spacial score (nSPS) is 10.8. The molecule has 0 radical (unpaired) electrons. The monoisotopic (exact) mass is 290 g/mol. The molecule has 19 heavy (non-hydrogen) atoms. The minimum Gasteiger partial charge on any atom is -0.505 e. The zero-order valence-corrected chi connectivity index (χ0v) is 10.5. The van der Waals surface area contributed by atoms with Gasteiger partial charge in [-0.2, -0.15) is 0 Å². The van der Waals surface area contributed by atoms with E-state index in [-0.39, 0.29) is 5.69 Å². The second-order valence-electron chi connectivity index (χ2n) is 3.40. The number of ether oxygens (including phenoxy) is 1. The van der Waals surface area contributed by atoms with Gasteiger partial charge in [0.2, 0.25) is 10.0 Å². The summed E-state index contributed by atoms with van der Waals surface area (Å²) in [5, 5.41) is 19.9. The molecule has 0 atom stereocenters. The van der Waals surface area contributed by atoms with Crippen molar-refractivity contribution >= 4 is 27.4 Å². The molecule has 0 aliphatic heterocycles. The molecular formula is C9H10N2O7S. The van der Waals surface area contributed by atoms with Crippen molar-refractivity contribution in [2.45, 2.75) is 0 Å². The van der Waals surface area contributed by atoms with E-state index in [4.69, 9.17) is 0 Å². The van der Waals surface area contributed by atoms with Gasteiger partial charge in [0.25, 0.3) is 5.69 Å². The number of phenolic OH excluding ortho intramolecular Hbond substituents is 1. The Labute approximate surface area is 108 Å². The lowest BCUT2D eigenvalue weighted by Gasteiger charge is -2.08. The molecule has 9 nitrogen and oxygen atoms in total. The molecule has 1 aromatic carbocycles. The summed E-state index contributed by atoms with van der Waals surface area (Å²) in [5.74, 6) is -2.53. The lowest BCUT2D eigenvalue weighted by Crippen LogP contribution is -2.23. The summed E-state index contributed by atoms with van der Waals surface area (Å²) in [6.45, 7) is 0. The number of hydrogen-bond acceptors (Lipinski definition) is 7. The summed E-state index contributed by atoms with van der Waals surface area (Å²) in [6.07, 6.45) is 0. The average molecular weight is 290 g/mol. The molecule has 0 amide bonds. The summed E-state index contributed by atoms with van der Waals surface area (Å²) < 4.78 is 29.1. The van der Waals surface area contributed by atoms with E-state index in [9.17, 15) is 28.4 Å². The van der Waals surface area contributed by atoms with Crippen molar-refractivity contribution in [1.82, 2.24) is 0 Å². The standard InChI is InChI=1S/C9H10N2O7S/c1-18-9(13)5-19(16,17)10-7-3-2-6(11(14)15)4-8(7)12/h2-4,10,12H,5H2,1H3. The van der Waals surface area contributed by atoms with E-state index in [0.29, 0.717) is 0 Å². The first kappa shape index (κ1) is 14.7. The fourth-order valence-electron chi connectivity index (χ4n) is 1.14. The van der Waals surface area contributed by atoms with E-state index in [1.165, 1.54) is 0 Å². The number of esters is 1. The molecule has 0 bridgehead atoms. The van der Waals surface area contributed by atoms with Crippen molar-refractivity contribution in [1.29, 1.82) is 0 Å². The Morgan fingerprint density at radius 2 is 2.16 bits per heavy atom. The topological polar surface area (TPSA) is 136 Å². The van der Waals surface area contributed by atoms with E-state index in [2.05, 4.69) is 4.74 Å². The number of nitro benzene ring substituents is 1. The lowest BCUT2D eigenvalue weighted by molar-refractivity contribution is -0.384. The number of carbonyl (C=O) groups excluding carboxylic acids is 1. The third kappa shape index (κ3) is 4.10. The molecule has 104 valence electrons. The van der Waals surface area contributed by atoms with Gasteiger partial charge in [0.05, 0.1) is 23.8 Å². The molecule has 1 rings (SSSR count). The first-order valence-electron chi connectivity index (χ1n) is 4.80. The average Bonchev–Trinajstić information content (AvgIpc) is 2.30. The van der Waals surface area contributed by atoms with Crippen LogP contribution in [0, 0.1) is 10.1 Å². The molecule has 0 fully saturated rings. The van der Waals surface area contributed by atoms with E-state index in [1.807, 2.05) is 4.72 Å². The predicted octanol–water partition coefficient (Wildman–Crippen LogP) is 0.215. The number of sulfonamides is 1. The molecule has 0 aromatic heterocycles. The predicted molar refractivity (Wildman–Crippen MR) is 64.2 cm³/mol. The molecule has 0 heterocycles. The van der Waals surface area contributed by atoms with Gasteiger partial charge < -0.3 is 9.84 Å². The van der Waals surface area contributed by atoms with Crippen LogP contribution in [0.4, 0.5) is 11.4 Å². The molecule has 0 aliphatic carbocycles. The van der Waals surface area contributed by atoms with Crippen LogP contribution in [0.2, 0.25) is 0 Å². The summed E-state index contributed by atoms with van der Waals surface area (Å²) in [7, 11) is -3.03.